The van der Waals surface area contributed by atoms with E-state index >= 15 is 0 Å². The summed E-state index contributed by atoms with van der Waals surface area (Å²) in [5.41, 5.74) is 10.2. The van der Waals surface area contributed by atoms with Gasteiger partial charge in [0, 0.05) is 22.6 Å². The molecule has 0 spiro atoms. The van der Waals surface area contributed by atoms with E-state index in [1.54, 1.807) is 18.3 Å². The summed E-state index contributed by atoms with van der Waals surface area (Å²) in [5, 5.41) is 4.14. The number of aromatic nitrogens is 1. The van der Waals surface area contributed by atoms with E-state index in [-0.39, 0.29) is 18.3 Å². The first kappa shape index (κ1) is 22.0. The Morgan fingerprint density at radius 3 is 2.39 bits per heavy atom. The van der Waals surface area contributed by atoms with E-state index in [4.69, 9.17) is 4.74 Å². The van der Waals surface area contributed by atoms with Gasteiger partial charge in [-0.2, -0.15) is 5.10 Å². The van der Waals surface area contributed by atoms with Gasteiger partial charge < -0.3 is 9.30 Å². The van der Waals surface area contributed by atoms with Gasteiger partial charge in [0.25, 0.3) is 0 Å². The molecule has 1 amide bonds. The van der Waals surface area contributed by atoms with E-state index in [1.807, 2.05) is 58.0 Å². The van der Waals surface area contributed by atoms with Gasteiger partial charge in [-0.25, -0.2) is 10.2 Å². The molecule has 6 nitrogen and oxygen atoms in total. The van der Waals surface area contributed by atoms with Crippen molar-refractivity contribution in [3.8, 4) is 5.69 Å². The second-order valence-electron chi connectivity index (χ2n) is 7.60. The maximum absolute atomic E-state index is 12.3. The van der Waals surface area contributed by atoms with Crippen molar-refractivity contribution in [1.82, 2.24) is 9.99 Å². The largest absolute Gasteiger partial charge is 0.465 e. The molecule has 2 aromatic carbocycles. The van der Waals surface area contributed by atoms with Gasteiger partial charge >= 0.3 is 5.97 Å². The first-order valence-electron chi connectivity index (χ1n) is 10.1. The Kier molecular flexibility index (Phi) is 6.70. The molecule has 0 aliphatic carbocycles. The zero-order valence-corrected chi connectivity index (χ0v) is 18.5. The van der Waals surface area contributed by atoms with Crippen molar-refractivity contribution in [3.63, 3.8) is 0 Å². The number of methoxy groups -OCH3 is 1. The predicted molar refractivity (Wildman–Crippen MR) is 122 cm³/mol. The highest BCUT2D eigenvalue weighted by atomic mass is 16.5. The van der Waals surface area contributed by atoms with Crippen LogP contribution in [-0.2, 0) is 16.0 Å². The topological polar surface area (TPSA) is 72.7 Å². The van der Waals surface area contributed by atoms with Crippen LogP contribution in [0.1, 0.15) is 44.0 Å². The number of benzene rings is 2. The third-order valence-corrected chi connectivity index (χ3v) is 5.26. The smallest absolute Gasteiger partial charge is 0.337 e. The Hall–Kier alpha value is -3.67. The van der Waals surface area contributed by atoms with Crippen LogP contribution in [0.5, 0.6) is 0 Å². The number of nitrogens with one attached hydrogen (secondary N) is 1. The molecule has 0 aliphatic rings. The number of ether oxygens (including phenoxy) is 1. The highest BCUT2D eigenvalue weighted by molar-refractivity contribution is 5.89. The Labute approximate surface area is 182 Å². The fourth-order valence-electron chi connectivity index (χ4n) is 3.61. The van der Waals surface area contributed by atoms with Crippen molar-refractivity contribution in [2.24, 2.45) is 5.10 Å². The second-order valence-corrected chi connectivity index (χ2v) is 7.60. The molecule has 6 heteroatoms. The van der Waals surface area contributed by atoms with Crippen LogP contribution in [0.3, 0.4) is 0 Å². The van der Waals surface area contributed by atoms with Crippen LogP contribution in [-0.4, -0.2) is 29.8 Å². The minimum absolute atomic E-state index is 0.157. The molecule has 160 valence electrons. The maximum atomic E-state index is 12.3. The molecule has 3 rings (SSSR count). The highest BCUT2D eigenvalue weighted by Gasteiger charge is 2.11. The molecule has 3 aromatic rings. The molecular weight excluding hydrogens is 390 g/mol. The molecule has 31 heavy (non-hydrogen) atoms. The van der Waals surface area contributed by atoms with E-state index in [0.29, 0.717) is 5.56 Å². The van der Waals surface area contributed by atoms with Gasteiger partial charge in [0.15, 0.2) is 0 Å². The number of hydrazone groups is 1. The maximum Gasteiger partial charge on any atom is 0.337 e. The summed E-state index contributed by atoms with van der Waals surface area (Å²) in [7, 11) is 1.36. The zero-order valence-electron chi connectivity index (χ0n) is 18.5. The van der Waals surface area contributed by atoms with E-state index in [1.165, 1.54) is 12.7 Å². The molecule has 0 radical (unpaired) electrons. The van der Waals surface area contributed by atoms with Gasteiger partial charge in [-0.15, -0.1) is 0 Å². The quantitative estimate of drug-likeness (QED) is 0.371. The molecule has 0 aliphatic heterocycles. The Balaban J connectivity index is 1.70. The fraction of sp³-hybridized carbons (Fsp3) is 0.240. The van der Waals surface area contributed by atoms with Crippen LogP contribution in [0.25, 0.3) is 5.69 Å². The molecule has 0 saturated heterocycles. The minimum atomic E-state index is -0.364. The normalized spacial score (nSPS) is 11.0. The summed E-state index contributed by atoms with van der Waals surface area (Å²) in [6.45, 7) is 8.02. The zero-order chi connectivity index (χ0) is 22.5. The number of aryl methyl sites for hydroxylation is 3. The SMILES string of the molecule is COC(=O)c1ccc(-n2c(C)cc(/C=N/NC(=O)Cc3ccc(C)cc3C)c2C)cc1. The number of amides is 1. The first-order chi connectivity index (χ1) is 14.8. The van der Waals surface area contributed by atoms with Crippen molar-refractivity contribution >= 4 is 18.1 Å². The van der Waals surface area contributed by atoms with Crippen molar-refractivity contribution in [1.29, 1.82) is 0 Å². The van der Waals surface area contributed by atoms with Gasteiger partial charge in [-0.1, -0.05) is 23.8 Å². The Bertz CT molecular complexity index is 1140. The standard InChI is InChI=1S/C25H27N3O3/c1-16-6-7-21(17(2)12-16)14-24(29)27-26-15-22-13-18(3)28(19(22)4)23-10-8-20(9-11-23)25(30)31-5/h6-13,15H,14H2,1-5H3,(H,27,29)/b26-15+. The summed E-state index contributed by atoms with van der Waals surface area (Å²) >= 11 is 0. The minimum Gasteiger partial charge on any atom is -0.465 e. The molecule has 1 N–H and O–H groups in total. The molecule has 0 unspecified atom stereocenters. The highest BCUT2D eigenvalue weighted by Crippen LogP contribution is 2.20. The van der Waals surface area contributed by atoms with Gasteiger partial charge in [0.05, 0.1) is 25.3 Å². The summed E-state index contributed by atoms with van der Waals surface area (Å²) in [6.07, 6.45) is 1.94. The van der Waals surface area contributed by atoms with Gasteiger partial charge in [0.1, 0.15) is 0 Å². The molecule has 1 aromatic heterocycles. The molecule has 0 saturated carbocycles. The van der Waals surface area contributed by atoms with Crippen molar-refractivity contribution in [2.45, 2.75) is 34.1 Å². The lowest BCUT2D eigenvalue weighted by atomic mass is 10.0. The van der Waals surface area contributed by atoms with Crippen molar-refractivity contribution in [2.75, 3.05) is 7.11 Å². The van der Waals surface area contributed by atoms with Gasteiger partial charge in [0.2, 0.25) is 5.91 Å². The molecule has 0 bridgehead atoms. The second kappa shape index (κ2) is 9.43. The average Bonchev–Trinajstić information content (AvgIpc) is 3.03. The average molecular weight is 418 g/mol. The monoisotopic (exact) mass is 417 g/mol. The third-order valence-electron chi connectivity index (χ3n) is 5.26. The first-order valence-corrected chi connectivity index (χ1v) is 10.1. The number of carbonyl (C=O) groups is 2. The number of hydrogen-bond acceptors (Lipinski definition) is 4. The Morgan fingerprint density at radius 2 is 1.74 bits per heavy atom. The lowest BCUT2D eigenvalue weighted by molar-refractivity contribution is -0.120. The van der Waals surface area contributed by atoms with Crippen LogP contribution < -0.4 is 5.43 Å². The molecule has 1 heterocycles. The van der Waals surface area contributed by atoms with Crippen molar-refractivity contribution < 1.29 is 14.3 Å². The van der Waals surface area contributed by atoms with Crippen LogP contribution in [0.2, 0.25) is 0 Å². The summed E-state index contributed by atoms with van der Waals surface area (Å²) < 4.78 is 6.82. The summed E-state index contributed by atoms with van der Waals surface area (Å²) in [6, 6.07) is 15.3. The van der Waals surface area contributed by atoms with Crippen LogP contribution >= 0.6 is 0 Å². The number of hydrogen-bond donors (Lipinski definition) is 1. The van der Waals surface area contributed by atoms with E-state index < -0.39 is 0 Å². The molecule has 0 atom stereocenters. The molecule has 0 fully saturated rings. The van der Waals surface area contributed by atoms with Crippen LogP contribution in [0, 0.1) is 27.7 Å². The van der Waals surface area contributed by atoms with E-state index in [2.05, 4.69) is 21.2 Å². The van der Waals surface area contributed by atoms with E-state index in [9.17, 15) is 9.59 Å². The third kappa shape index (κ3) is 5.09. The van der Waals surface area contributed by atoms with Crippen LogP contribution in [0.15, 0.2) is 53.6 Å². The fourth-order valence-corrected chi connectivity index (χ4v) is 3.61. The van der Waals surface area contributed by atoms with Gasteiger partial charge in [-0.05, 0) is 69.2 Å². The van der Waals surface area contributed by atoms with E-state index in [0.717, 1.165) is 33.8 Å². The van der Waals surface area contributed by atoms with Crippen molar-refractivity contribution in [3.05, 3.63) is 87.7 Å². The summed E-state index contributed by atoms with van der Waals surface area (Å²) in [4.78, 5) is 23.9. The number of esters is 1. The van der Waals surface area contributed by atoms with Gasteiger partial charge in [-0.3, -0.25) is 4.79 Å². The van der Waals surface area contributed by atoms with Crippen LogP contribution in [0.4, 0.5) is 0 Å². The lowest BCUT2D eigenvalue weighted by Crippen LogP contribution is -2.20. The molecular formula is C25H27N3O3. The predicted octanol–water partition coefficient (Wildman–Crippen LogP) is 4.19. The number of carbonyl (C=O) groups excluding carboxylic acids is 2. The Morgan fingerprint density at radius 1 is 1.03 bits per heavy atom. The lowest BCUT2D eigenvalue weighted by Gasteiger charge is -2.10. The summed E-state index contributed by atoms with van der Waals surface area (Å²) in [5.74, 6) is -0.521. The number of rotatable bonds is 6. The number of nitrogens with zero attached hydrogens (tertiary/aromatic N) is 2.